The molecule has 0 aliphatic heterocycles. The van der Waals surface area contributed by atoms with Crippen LogP contribution in [0.5, 0.6) is 5.75 Å². The molecular weight excluding hydrogens is 418 g/mol. The minimum atomic E-state index is -0.241. The van der Waals surface area contributed by atoms with Gasteiger partial charge in [0.25, 0.3) is 0 Å². The number of aryl methyl sites for hydroxylation is 1. The third kappa shape index (κ3) is 4.58. The molecule has 5 heteroatoms. The van der Waals surface area contributed by atoms with Crippen LogP contribution < -0.4 is 4.74 Å². The van der Waals surface area contributed by atoms with Crippen LogP contribution in [0.4, 0.5) is 0 Å². The monoisotopic (exact) mass is 443 g/mol. The van der Waals surface area contributed by atoms with Crippen LogP contribution in [0.2, 0.25) is 0 Å². The topological polar surface area (TPSA) is 40.5 Å². The number of rotatable bonds is 7. The van der Waals surface area contributed by atoms with Gasteiger partial charge in [-0.3, -0.25) is 4.79 Å². The van der Waals surface area contributed by atoms with Crippen LogP contribution in [-0.2, 0) is 22.6 Å². The SMILES string of the molecule is CCOC(=O)Cc1ccc(C)cc1OCc1cc(Br)c2ccn(C(C)C)c2c1. The quantitative estimate of drug-likeness (QED) is 0.421. The molecule has 0 atom stereocenters. The van der Waals surface area contributed by atoms with Crippen LogP contribution in [0.25, 0.3) is 10.9 Å². The number of halogens is 1. The summed E-state index contributed by atoms with van der Waals surface area (Å²) in [5.74, 6) is 0.485. The van der Waals surface area contributed by atoms with Gasteiger partial charge in [0.1, 0.15) is 12.4 Å². The lowest BCUT2D eigenvalue weighted by Gasteiger charge is -2.14. The maximum atomic E-state index is 11.9. The smallest absolute Gasteiger partial charge is 0.310 e. The Hall–Kier alpha value is -2.27. The van der Waals surface area contributed by atoms with Crippen LogP contribution >= 0.6 is 15.9 Å². The Kier molecular flexibility index (Phi) is 6.45. The average molecular weight is 444 g/mol. The zero-order valence-electron chi connectivity index (χ0n) is 16.8. The first-order valence-electron chi connectivity index (χ1n) is 9.56. The highest BCUT2D eigenvalue weighted by molar-refractivity contribution is 9.10. The molecule has 148 valence electrons. The van der Waals surface area contributed by atoms with Gasteiger partial charge in [-0.25, -0.2) is 0 Å². The number of esters is 1. The fraction of sp³-hybridized carbons (Fsp3) is 0.348. The Balaban J connectivity index is 1.85. The van der Waals surface area contributed by atoms with Gasteiger partial charge in [-0.05, 0) is 63.1 Å². The molecule has 0 amide bonds. The third-order valence-corrected chi connectivity index (χ3v) is 5.32. The molecule has 0 radical (unpaired) electrons. The number of hydrogen-bond acceptors (Lipinski definition) is 3. The second-order valence-electron chi connectivity index (χ2n) is 7.21. The van der Waals surface area contributed by atoms with Crippen molar-refractivity contribution in [3.63, 3.8) is 0 Å². The second kappa shape index (κ2) is 8.82. The number of benzene rings is 2. The first-order chi connectivity index (χ1) is 13.4. The molecule has 0 saturated heterocycles. The third-order valence-electron chi connectivity index (χ3n) is 4.66. The van der Waals surface area contributed by atoms with E-state index in [2.05, 4.69) is 58.7 Å². The van der Waals surface area contributed by atoms with E-state index < -0.39 is 0 Å². The van der Waals surface area contributed by atoms with Crippen molar-refractivity contribution in [2.24, 2.45) is 0 Å². The van der Waals surface area contributed by atoms with Crippen molar-refractivity contribution in [3.8, 4) is 5.75 Å². The van der Waals surface area contributed by atoms with Crippen LogP contribution in [0.3, 0.4) is 0 Å². The van der Waals surface area contributed by atoms with E-state index in [1.165, 1.54) is 10.9 Å². The summed E-state index contributed by atoms with van der Waals surface area (Å²) in [7, 11) is 0. The van der Waals surface area contributed by atoms with Gasteiger partial charge < -0.3 is 14.0 Å². The van der Waals surface area contributed by atoms with Crippen molar-refractivity contribution < 1.29 is 14.3 Å². The molecule has 0 unspecified atom stereocenters. The first-order valence-corrected chi connectivity index (χ1v) is 10.3. The number of carbonyl (C=O) groups excluding carboxylic acids is 1. The number of ether oxygens (including phenoxy) is 2. The van der Waals surface area contributed by atoms with E-state index in [0.29, 0.717) is 19.3 Å². The van der Waals surface area contributed by atoms with Gasteiger partial charge in [-0.1, -0.05) is 28.1 Å². The molecule has 0 N–H and O–H groups in total. The molecule has 4 nitrogen and oxygen atoms in total. The highest BCUT2D eigenvalue weighted by Crippen LogP contribution is 2.30. The van der Waals surface area contributed by atoms with E-state index in [4.69, 9.17) is 9.47 Å². The summed E-state index contributed by atoms with van der Waals surface area (Å²) < 4.78 is 14.5. The Morgan fingerprint density at radius 3 is 2.68 bits per heavy atom. The minimum absolute atomic E-state index is 0.211. The molecule has 0 aliphatic carbocycles. The summed E-state index contributed by atoms with van der Waals surface area (Å²) in [4.78, 5) is 11.9. The fourth-order valence-corrected chi connectivity index (χ4v) is 3.91. The van der Waals surface area contributed by atoms with Gasteiger partial charge in [-0.2, -0.15) is 0 Å². The fourth-order valence-electron chi connectivity index (χ4n) is 3.28. The van der Waals surface area contributed by atoms with Gasteiger partial charge >= 0.3 is 5.97 Å². The molecule has 0 spiro atoms. The Bertz CT molecular complexity index is 991. The molecule has 1 aromatic heterocycles. The minimum Gasteiger partial charge on any atom is -0.489 e. The maximum absolute atomic E-state index is 11.9. The van der Waals surface area contributed by atoms with Gasteiger partial charge in [0, 0.05) is 33.2 Å². The number of carbonyl (C=O) groups is 1. The maximum Gasteiger partial charge on any atom is 0.310 e. The highest BCUT2D eigenvalue weighted by atomic mass is 79.9. The lowest BCUT2D eigenvalue weighted by Crippen LogP contribution is -2.09. The Morgan fingerprint density at radius 2 is 1.96 bits per heavy atom. The normalized spacial score (nSPS) is 11.2. The van der Waals surface area contributed by atoms with Crippen LogP contribution in [0.15, 0.2) is 47.1 Å². The Morgan fingerprint density at radius 1 is 1.18 bits per heavy atom. The summed E-state index contributed by atoms with van der Waals surface area (Å²) in [6, 6.07) is 12.7. The van der Waals surface area contributed by atoms with Crippen molar-refractivity contribution in [2.45, 2.75) is 46.8 Å². The van der Waals surface area contributed by atoms with Crippen molar-refractivity contribution in [3.05, 3.63) is 63.8 Å². The van der Waals surface area contributed by atoms with Gasteiger partial charge in [0.2, 0.25) is 0 Å². The molecule has 2 aromatic carbocycles. The molecule has 0 saturated carbocycles. The second-order valence-corrected chi connectivity index (χ2v) is 8.06. The lowest BCUT2D eigenvalue weighted by atomic mass is 10.1. The summed E-state index contributed by atoms with van der Waals surface area (Å²) in [6.45, 7) is 8.97. The zero-order chi connectivity index (χ0) is 20.3. The number of aromatic nitrogens is 1. The van der Waals surface area contributed by atoms with Crippen LogP contribution in [0, 0.1) is 6.92 Å². The number of fused-ring (bicyclic) bond motifs is 1. The molecule has 0 bridgehead atoms. The molecule has 1 heterocycles. The molecular formula is C23H26BrNO3. The first kappa shape index (κ1) is 20.5. The summed E-state index contributed by atoms with van der Waals surface area (Å²) in [5.41, 5.74) is 4.19. The molecule has 3 aromatic rings. The highest BCUT2D eigenvalue weighted by Gasteiger charge is 2.12. The summed E-state index contributed by atoms with van der Waals surface area (Å²) in [6.07, 6.45) is 2.32. The summed E-state index contributed by atoms with van der Waals surface area (Å²) in [5, 5.41) is 1.19. The van der Waals surface area contributed by atoms with Gasteiger partial charge in [-0.15, -0.1) is 0 Å². The number of nitrogens with zero attached hydrogens (tertiary/aromatic N) is 1. The van der Waals surface area contributed by atoms with E-state index in [1.807, 2.05) is 32.0 Å². The Labute approximate surface area is 174 Å². The largest absolute Gasteiger partial charge is 0.489 e. The lowest BCUT2D eigenvalue weighted by molar-refractivity contribution is -0.142. The zero-order valence-corrected chi connectivity index (χ0v) is 18.4. The van der Waals surface area contributed by atoms with Crippen molar-refractivity contribution in [2.75, 3.05) is 6.61 Å². The molecule has 28 heavy (non-hydrogen) atoms. The van der Waals surface area contributed by atoms with Crippen LogP contribution in [0.1, 0.15) is 43.5 Å². The van der Waals surface area contributed by atoms with Crippen LogP contribution in [-0.4, -0.2) is 17.1 Å². The van der Waals surface area contributed by atoms with Gasteiger partial charge in [0.15, 0.2) is 0 Å². The molecule has 0 aliphatic rings. The predicted molar refractivity (Wildman–Crippen MR) is 116 cm³/mol. The van der Waals surface area contributed by atoms with E-state index in [1.54, 1.807) is 0 Å². The van der Waals surface area contributed by atoms with E-state index in [-0.39, 0.29) is 12.4 Å². The van der Waals surface area contributed by atoms with E-state index >= 15 is 0 Å². The molecule has 0 fully saturated rings. The molecule has 3 rings (SSSR count). The van der Waals surface area contributed by atoms with Crippen molar-refractivity contribution >= 4 is 32.8 Å². The summed E-state index contributed by atoms with van der Waals surface area (Å²) >= 11 is 3.68. The average Bonchev–Trinajstić information content (AvgIpc) is 3.07. The van der Waals surface area contributed by atoms with Crippen molar-refractivity contribution in [1.82, 2.24) is 4.57 Å². The predicted octanol–water partition coefficient (Wildman–Crippen LogP) is 5.98. The number of hydrogen-bond donors (Lipinski definition) is 0. The van der Waals surface area contributed by atoms with Gasteiger partial charge in [0.05, 0.1) is 13.0 Å². The van der Waals surface area contributed by atoms with Crippen molar-refractivity contribution in [1.29, 1.82) is 0 Å². The van der Waals surface area contributed by atoms with E-state index in [0.717, 1.165) is 26.9 Å². The van der Waals surface area contributed by atoms with E-state index in [9.17, 15) is 4.79 Å². The standard InChI is InChI=1S/C23H26BrNO3/c1-5-27-23(26)13-18-7-6-16(4)10-22(18)28-14-17-11-20(24)19-8-9-25(15(2)3)21(19)12-17/h6-12,15H,5,13-14H2,1-4H3.